The van der Waals surface area contributed by atoms with Crippen molar-refractivity contribution in [2.75, 3.05) is 19.8 Å². The highest BCUT2D eigenvalue weighted by Crippen LogP contribution is 2.47. The van der Waals surface area contributed by atoms with E-state index in [1.165, 1.54) is 212 Å². The number of phosphoric acid groups is 1. The second kappa shape index (κ2) is 45.2. The van der Waals surface area contributed by atoms with Gasteiger partial charge in [0.15, 0.2) is 0 Å². The van der Waals surface area contributed by atoms with Gasteiger partial charge in [0.05, 0.1) is 13.2 Å². The molecular weight excluding hydrogens is 872 g/mol. The number of hydrogen-bond acceptors (Lipinski definition) is 11. The first-order valence-corrected chi connectivity index (χ1v) is 29.9. The van der Waals surface area contributed by atoms with Crippen molar-refractivity contribution in [3.8, 4) is 0 Å². The topological polar surface area (TPSA) is 192 Å². The molecule has 0 aromatic rings. The Morgan fingerprint density at radius 1 is 0.418 bits per heavy atom. The molecule has 0 aromatic carbocycles. The van der Waals surface area contributed by atoms with Gasteiger partial charge < -0.3 is 39.9 Å². The molecule has 0 heterocycles. The molecule has 0 amide bonds. The average molecular weight is 979 g/mol. The second-order valence-corrected chi connectivity index (χ2v) is 21.6. The summed E-state index contributed by atoms with van der Waals surface area (Å²) >= 11 is 0. The van der Waals surface area contributed by atoms with Gasteiger partial charge in [0, 0.05) is 13.0 Å². The van der Waals surface area contributed by atoms with E-state index in [2.05, 4.69) is 13.8 Å². The largest absolute Gasteiger partial charge is 0.472 e. The molecule has 0 saturated heterocycles. The van der Waals surface area contributed by atoms with E-state index in [1.807, 2.05) is 0 Å². The Morgan fingerprint density at radius 3 is 1.03 bits per heavy atom. The van der Waals surface area contributed by atoms with Crippen LogP contribution >= 0.6 is 7.82 Å². The van der Waals surface area contributed by atoms with E-state index in [-0.39, 0.29) is 13.0 Å². The van der Waals surface area contributed by atoms with Gasteiger partial charge in [0.2, 0.25) is 0 Å². The molecule has 400 valence electrons. The number of phosphoric ester groups is 1. The van der Waals surface area contributed by atoms with Gasteiger partial charge >= 0.3 is 13.8 Å². The number of carbonyl (C=O) groups is 1. The smallest absolute Gasteiger partial charge is 0.457 e. The third-order valence-electron chi connectivity index (χ3n) is 13.7. The third-order valence-corrected chi connectivity index (χ3v) is 14.7. The van der Waals surface area contributed by atoms with E-state index in [4.69, 9.17) is 18.5 Å². The van der Waals surface area contributed by atoms with Gasteiger partial charge in [-0.1, -0.05) is 258 Å². The molecule has 0 aliphatic heterocycles. The van der Waals surface area contributed by atoms with E-state index in [0.29, 0.717) is 13.0 Å². The monoisotopic (exact) mass is 979 g/mol. The zero-order valence-corrected chi connectivity index (χ0v) is 44.1. The fourth-order valence-corrected chi connectivity index (χ4v) is 10.2. The van der Waals surface area contributed by atoms with E-state index in [9.17, 15) is 39.8 Å². The van der Waals surface area contributed by atoms with Gasteiger partial charge in [-0.2, -0.15) is 0 Å². The van der Waals surface area contributed by atoms with E-state index in [1.54, 1.807) is 0 Å². The zero-order chi connectivity index (χ0) is 49.1. The van der Waals surface area contributed by atoms with Gasteiger partial charge in [-0.25, -0.2) is 4.57 Å². The van der Waals surface area contributed by atoms with Crippen LogP contribution in [-0.4, -0.2) is 98.9 Å². The number of aliphatic hydroxyl groups excluding tert-OH is 5. The van der Waals surface area contributed by atoms with Crippen molar-refractivity contribution in [1.29, 1.82) is 0 Å². The maximum absolute atomic E-state index is 12.9. The molecule has 1 aliphatic carbocycles. The standard InChI is InChI=1S/C54H107O12P/c1-3-5-7-9-11-13-15-17-19-21-23-24-25-26-27-29-31-33-35-37-39-41-43-48(55)65-47(46-64-67(61,62)66-54-52(59)50(57)49(56)51(58)53(54)60)45-63-44-42-40-38-36-34-32-30-28-22-20-18-16-14-12-10-8-6-4-2/h47,49-54,56-60H,3-46H2,1-2H3,(H,61,62)/t47-,49?,50-,51?,52?,53?,54?/m1/s1. The van der Waals surface area contributed by atoms with Gasteiger partial charge in [-0.05, 0) is 12.8 Å². The van der Waals surface area contributed by atoms with Crippen molar-refractivity contribution in [3.05, 3.63) is 0 Å². The molecule has 0 bridgehead atoms. The van der Waals surface area contributed by atoms with Crippen molar-refractivity contribution in [2.24, 2.45) is 0 Å². The lowest BCUT2D eigenvalue weighted by molar-refractivity contribution is -0.220. The van der Waals surface area contributed by atoms with Crippen molar-refractivity contribution < 1.29 is 58.3 Å². The molecule has 1 saturated carbocycles. The summed E-state index contributed by atoms with van der Waals surface area (Å²) in [6.45, 7) is 4.34. The molecule has 1 aliphatic rings. The lowest BCUT2D eigenvalue weighted by atomic mass is 9.85. The number of hydrogen-bond donors (Lipinski definition) is 6. The van der Waals surface area contributed by atoms with Gasteiger partial charge in [-0.15, -0.1) is 0 Å². The van der Waals surface area contributed by atoms with Crippen LogP contribution in [0.1, 0.15) is 277 Å². The van der Waals surface area contributed by atoms with Crippen molar-refractivity contribution in [1.82, 2.24) is 0 Å². The van der Waals surface area contributed by atoms with Crippen LogP contribution in [0.25, 0.3) is 0 Å². The maximum Gasteiger partial charge on any atom is 0.472 e. The second-order valence-electron chi connectivity index (χ2n) is 20.2. The first-order valence-electron chi connectivity index (χ1n) is 28.4. The predicted octanol–water partition coefficient (Wildman–Crippen LogP) is 13.3. The molecule has 12 nitrogen and oxygen atoms in total. The number of esters is 1. The minimum absolute atomic E-state index is 0.0671. The molecular formula is C54H107O12P. The van der Waals surface area contributed by atoms with Gasteiger partial charge in [0.1, 0.15) is 42.7 Å². The summed E-state index contributed by atoms with van der Waals surface area (Å²) in [5, 5.41) is 50.4. The van der Waals surface area contributed by atoms with Crippen LogP contribution in [0.4, 0.5) is 0 Å². The van der Waals surface area contributed by atoms with Crippen molar-refractivity contribution in [2.45, 2.75) is 320 Å². The predicted molar refractivity (Wildman–Crippen MR) is 272 cm³/mol. The molecule has 0 radical (unpaired) electrons. The minimum Gasteiger partial charge on any atom is -0.457 e. The molecule has 67 heavy (non-hydrogen) atoms. The summed E-state index contributed by atoms with van der Waals surface area (Å²) < 4.78 is 34.4. The van der Waals surface area contributed by atoms with Crippen LogP contribution < -0.4 is 0 Å². The summed E-state index contributed by atoms with van der Waals surface area (Å²) in [7, 11) is -5.02. The number of rotatable bonds is 50. The first kappa shape index (κ1) is 64.4. The fourth-order valence-electron chi connectivity index (χ4n) is 9.24. The summed E-state index contributed by atoms with van der Waals surface area (Å²) in [6.07, 6.45) is 38.9. The molecule has 1 rings (SSSR count). The molecule has 1 fully saturated rings. The summed E-state index contributed by atoms with van der Waals surface area (Å²) in [6, 6.07) is 0. The zero-order valence-electron chi connectivity index (χ0n) is 43.2. The lowest BCUT2D eigenvalue weighted by Crippen LogP contribution is -2.64. The van der Waals surface area contributed by atoms with Gasteiger partial charge in [-0.3, -0.25) is 13.8 Å². The van der Waals surface area contributed by atoms with E-state index < -0.39 is 63.1 Å². The van der Waals surface area contributed by atoms with Crippen LogP contribution in [0.3, 0.4) is 0 Å². The van der Waals surface area contributed by atoms with E-state index >= 15 is 0 Å². The molecule has 6 unspecified atom stereocenters. The SMILES string of the molecule is CCCCCCCCCCCCCCCCCCCCCCCCC(=O)O[C@H](COCCCCCCCCCCCCCCCCCCCC)COP(=O)(O)OC1C(O)C(O)C(O)[C@@H](O)C1O. The van der Waals surface area contributed by atoms with Gasteiger partial charge in [0.25, 0.3) is 0 Å². The number of unbranched alkanes of at least 4 members (excludes halogenated alkanes) is 38. The van der Waals surface area contributed by atoms with Crippen LogP contribution in [0.5, 0.6) is 0 Å². The van der Waals surface area contributed by atoms with Crippen LogP contribution in [0.2, 0.25) is 0 Å². The molecule has 0 aromatic heterocycles. The van der Waals surface area contributed by atoms with Crippen molar-refractivity contribution >= 4 is 13.8 Å². The van der Waals surface area contributed by atoms with Crippen LogP contribution in [0, 0.1) is 0 Å². The Kier molecular flexibility index (Phi) is 43.4. The summed E-state index contributed by atoms with van der Waals surface area (Å²) in [4.78, 5) is 23.3. The lowest BCUT2D eigenvalue weighted by Gasteiger charge is -2.41. The number of aliphatic hydroxyl groups is 5. The van der Waals surface area contributed by atoms with Crippen molar-refractivity contribution in [3.63, 3.8) is 0 Å². The Bertz CT molecular complexity index is 1120. The molecule has 13 heteroatoms. The van der Waals surface area contributed by atoms with Crippen LogP contribution in [-0.2, 0) is 27.9 Å². The number of carbonyl (C=O) groups excluding carboxylic acids is 1. The minimum atomic E-state index is -5.02. The Hall–Kier alpha value is -0.660. The average Bonchev–Trinajstić information content (AvgIpc) is 3.31. The summed E-state index contributed by atoms with van der Waals surface area (Å²) in [5.41, 5.74) is 0. The third kappa shape index (κ3) is 36.9. The fraction of sp³-hybridized carbons (Fsp3) is 0.981. The quantitative estimate of drug-likeness (QED) is 0.0192. The summed E-state index contributed by atoms with van der Waals surface area (Å²) in [5.74, 6) is -0.467. The van der Waals surface area contributed by atoms with E-state index in [0.717, 1.165) is 38.5 Å². The Balaban J connectivity index is 2.27. The Labute approximate surface area is 410 Å². The first-order chi connectivity index (χ1) is 32.5. The highest BCUT2D eigenvalue weighted by Gasteiger charge is 2.51. The normalized spacial score (nSPS) is 21.1. The molecule has 6 N–H and O–H groups in total. The molecule has 0 spiro atoms. The van der Waals surface area contributed by atoms with Crippen LogP contribution in [0.15, 0.2) is 0 Å². The highest BCUT2D eigenvalue weighted by atomic mass is 31.2. The highest BCUT2D eigenvalue weighted by molar-refractivity contribution is 7.47. The molecule has 8 atom stereocenters. The Morgan fingerprint density at radius 2 is 0.701 bits per heavy atom. The number of ether oxygens (including phenoxy) is 2. The maximum atomic E-state index is 12.9.